The van der Waals surface area contributed by atoms with E-state index in [2.05, 4.69) is 6.54 Å². The van der Waals surface area contributed by atoms with Crippen molar-refractivity contribution in [3.8, 4) is 0 Å². The first kappa shape index (κ1) is 8.85. The van der Waals surface area contributed by atoms with Gasteiger partial charge in [-0.25, -0.2) is 4.79 Å². The van der Waals surface area contributed by atoms with Crippen molar-refractivity contribution in [1.82, 2.24) is 9.80 Å². The van der Waals surface area contributed by atoms with Gasteiger partial charge < -0.3 is 9.80 Å². The number of carbonyl (C=O) groups excluding carboxylic acids is 1. The van der Waals surface area contributed by atoms with E-state index in [1.165, 1.54) is 19.3 Å². The summed E-state index contributed by atoms with van der Waals surface area (Å²) in [7, 11) is 0. The van der Waals surface area contributed by atoms with Gasteiger partial charge >= 0.3 is 6.03 Å². The van der Waals surface area contributed by atoms with E-state index in [1.54, 1.807) is 0 Å². The van der Waals surface area contributed by atoms with Crippen LogP contribution in [0.1, 0.15) is 32.1 Å². The van der Waals surface area contributed by atoms with Gasteiger partial charge in [-0.2, -0.15) is 0 Å². The molecule has 0 aromatic carbocycles. The summed E-state index contributed by atoms with van der Waals surface area (Å²) in [6.07, 6.45) is 5.83. The summed E-state index contributed by atoms with van der Waals surface area (Å²) >= 11 is 0. The zero-order valence-electron chi connectivity index (χ0n) is 8.04. The summed E-state index contributed by atoms with van der Waals surface area (Å²) in [5.74, 6) is 0. The SMILES string of the molecule is O=C(N1[CH]CCCC1)N1CCCC1. The van der Waals surface area contributed by atoms with E-state index in [-0.39, 0.29) is 6.03 Å². The molecule has 0 N–H and O–H groups in total. The van der Waals surface area contributed by atoms with E-state index in [4.69, 9.17) is 0 Å². The second-order valence-corrected chi connectivity index (χ2v) is 3.85. The van der Waals surface area contributed by atoms with Crippen LogP contribution in [0, 0.1) is 6.54 Å². The Bertz CT molecular complexity index is 181. The quantitative estimate of drug-likeness (QED) is 0.559. The third-order valence-corrected chi connectivity index (χ3v) is 2.82. The molecule has 0 unspecified atom stereocenters. The molecule has 2 aliphatic heterocycles. The summed E-state index contributed by atoms with van der Waals surface area (Å²) in [6, 6.07) is 0.234. The molecule has 0 aromatic heterocycles. The van der Waals surface area contributed by atoms with Crippen LogP contribution >= 0.6 is 0 Å². The van der Waals surface area contributed by atoms with Crippen LogP contribution < -0.4 is 0 Å². The van der Waals surface area contributed by atoms with E-state index in [0.717, 1.165) is 32.5 Å². The number of urea groups is 1. The highest BCUT2D eigenvalue weighted by atomic mass is 16.2. The number of carbonyl (C=O) groups is 1. The lowest BCUT2D eigenvalue weighted by atomic mass is 10.1. The highest BCUT2D eigenvalue weighted by Gasteiger charge is 2.24. The molecule has 3 heteroatoms. The van der Waals surface area contributed by atoms with Gasteiger partial charge in [-0.3, -0.25) is 0 Å². The van der Waals surface area contributed by atoms with Crippen molar-refractivity contribution in [2.75, 3.05) is 19.6 Å². The molecule has 0 atom stereocenters. The van der Waals surface area contributed by atoms with Crippen molar-refractivity contribution < 1.29 is 4.79 Å². The second-order valence-electron chi connectivity index (χ2n) is 3.85. The summed E-state index contributed by atoms with van der Waals surface area (Å²) in [4.78, 5) is 15.7. The molecule has 2 heterocycles. The normalized spacial score (nSPS) is 23.7. The van der Waals surface area contributed by atoms with E-state index < -0.39 is 0 Å². The van der Waals surface area contributed by atoms with Crippen LogP contribution in [0.5, 0.6) is 0 Å². The third-order valence-electron chi connectivity index (χ3n) is 2.82. The predicted molar refractivity (Wildman–Crippen MR) is 51.1 cm³/mol. The molecule has 2 amide bonds. The number of hydrogen-bond donors (Lipinski definition) is 0. The Hall–Kier alpha value is -0.730. The zero-order chi connectivity index (χ0) is 9.10. The summed E-state index contributed by atoms with van der Waals surface area (Å²) < 4.78 is 0. The lowest BCUT2D eigenvalue weighted by molar-refractivity contribution is 0.166. The van der Waals surface area contributed by atoms with E-state index in [1.807, 2.05) is 9.80 Å². The molecule has 0 aliphatic carbocycles. The fourth-order valence-electron chi connectivity index (χ4n) is 2.03. The van der Waals surface area contributed by atoms with Crippen LogP contribution in [0.3, 0.4) is 0 Å². The second kappa shape index (κ2) is 3.99. The molecule has 73 valence electrons. The van der Waals surface area contributed by atoms with Crippen LogP contribution in [-0.2, 0) is 0 Å². The molecule has 2 saturated heterocycles. The smallest absolute Gasteiger partial charge is 0.320 e. The maximum Gasteiger partial charge on any atom is 0.320 e. The minimum Gasteiger partial charge on any atom is -0.325 e. The molecule has 0 bridgehead atoms. The molecule has 2 rings (SSSR count). The standard InChI is InChI=1S/C10H17N2O/c13-10(12-8-4-5-9-12)11-6-2-1-3-7-11/h6H,1-5,7-9H2. The molecule has 2 aliphatic rings. The van der Waals surface area contributed by atoms with E-state index in [9.17, 15) is 4.79 Å². The molecule has 3 nitrogen and oxygen atoms in total. The molecule has 1 radical (unpaired) electrons. The number of amides is 2. The Balaban J connectivity index is 1.87. The summed E-state index contributed by atoms with van der Waals surface area (Å²) in [5.41, 5.74) is 0. The largest absolute Gasteiger partial charge is 0.325 e. The number of likely N-dealkylation sites (tertiary alicyclic amines) is 2. The number of hydrogen-bond acceptors (Lipinski definition) is 1. The topological polar surface area (TPSA) is 23.6 Å². The first-order valence-corrected chi connectivity index (χ1v) is 5.27. The molecule has 0 aromatic rings. The van der Waals surface area contributed by atoms with Crippen LogP contribution in [-0.4, -0.2) is 35.5 Å². The minimum absolute atomic E-state index is 0.234. The van der Waals surface area contributed by atoms with Gasteiger partial charge in [-0.05, 0) is 32.1 Å². The molecule has 13 heavy (non-hydrogen) atoms. The third kappa shape index (κ3) is 1.95. The summed E-state index contributed by atoms with van der Waals surface area (Å²) in [5, 5.41) is 0. The first-order valence-electron chi connectivity index (χ1n) is 5.27. The minimum atomic E-state index is 0.234. The first-order chi connectivity index (χ1) is 6.38. The van der Waals surface area contributed by atoms with E-state index >= 15 is 0 Å². The fourth-order valence-corrected chi connectivity index (χ4v) is 2.03. The molecule has 0 saturated carbocycles. The highest BCUT2D eigenvalue weighted by molar-refractivity contribution is 5.75. The van der Waals surface area contributed by atoms with Gasteiger partial charge in [0.1, 0.15) is 0 Å². The maximum absolute atomic E-state index is 11.8. The molecule has 2 fully saturated rings. The van der Waals surface area contributed by atoms with Crippen LogP contribution in [0.25, 0.3) is 0 Å². The average molecular weight is 181 g/mol. The van der Waals surface area contributed by atoms with Crippen molar-refractivity contribution >= 4 is 6.03 Å². The molecular formula is C10H17N2O. The molecular weight excluding hydrogens is 164 g/mol. The van der Waals surface area contributed by atoms with Gasteiger partial charge in [0.25, 0.3) is 0 Å². The van der Waals surface area contributed by atoms with Crippen molar-refractivity contribution in [2.45, 2.75) is 32.1 Å². The zero-order valence-corrected chi connectivity index (χ0v) is 8.04. The lowest BCUT2D eigenvalue weighted by Gasteiger charge is -2.30. The average Bonchev–Trinajstić information content (AvgIpc) is 2.71. The number of piperidine rings is 1. The summed E-state index contributed by atoms with van der Waals surface area (Å²) in [6.45, 7) is 4.91. The van der Waals surface area contributed by atoms with Gasteiger partial charge in [0.2, 0.25) is 0 Å². The highest BCUT2D eigenvalue weighted by Crippen LogP contribution is 2.17. The van der Waals surface area contributed by atoms with Gasteiger partial charge in [0, 0.05) is 19.6 Å². The Morgan fingerprint density at radius 2 is 1.69 bits per heavy atom. The Kier molecular flexibility index (Phi) is 2.71. The number of rotatable bonds is 0. The van der Waals surface area contributed by atoms with Crippen molar-refractivity contribution in [1.29, 1.82) is 0 Å². The van der Waals surface area contributed by atoms with Crippen molar-refractivity contribution in [2.24, 2.45) is 0 Å². The van der Waals surface area contributed by atoms with Crippen LogP contribution in [0.15, 0.2) is 0 Å². The predicted octanol–water partition coefficient (Wildman–Crippen LogP) is 1.85. The van der Waals surface area contributed by atoms with Gasteiger partial charge in [0.15, 0.2) is 0 Å². The molecule has 0 spiro atoms. The van der Waals surface area contributed by atoms with Crippen LogP contribution in [0.4, 0.5) is 4.79 Å². The fraction of sp³-hybridized carbons (Fsp3) is 0.800. The van der Waals surface area contributed by atoms with Gasteiger partial charge in [-0.15, -0.1) is 0 Å². The maximum atomic E-state index is 11.8. The Morgan fingerprint density at radius 3 is 2.31 bits per heavy atom. The monoisotopic (exact) mass is 181 g/mol. The van der Waals surface area contributed by atoms with Gasteiger partial charge in [0.05, 0.1) is 6.54 Å². The number of nitrogens with zero attached hydrogens (tertiary/aromatic N) is 2. The van der Waals surface area contributed by atoms with Crippen molar-refractivity contribution in [3.05, 3.63) is 6.54 Å². The van der Waals surface area contributed by atoms with Crippen molar-refractivity contribution in [3.63, 3.8) is 0 Å². The van der Waals surface area contributed by atoms with Crippen LogP contribution in [0.2, 0.25) is 0 Å². The Labute approximate surface area is 79.7 Å². The lowest BCUT2D eigenvalue weighted by Crippen LogP contribution is -2.42. The Morgan fingerprint density at radius 1 is 1.00 bits per heavy atom. The van der Waals surface area contributed by atoms with E-state index in [0.29, 0.717) is 0 Å². The van der Waals surface area contributed by atoms with Gasteiger partial charge in [-0.1, -0.05) is 0 Å².